The summed E-state index contributed by atoms with van der Waals surface area (Å²) in [4.78, 5) is 0. The fourth-order valence-corrected chi connectivity index (χ4v) is 1.86. The van der Waals surface area contributed by atoms with E-state index in [-0.39, 0.29) is 24.2 Å². The lowest BCUT2D eigenvalue weighted by molar-refractivity contribution is -0.315. The van der Waals surface area contributed by atoms with E-state index in [9.17, 15) is 13.2 Å². The minimum Gasteiger partial charge on any atom is -0.369 e. The molecule has 1 aliphatic carbocycles. The summed E-state index contributed by atoms with van der Waals surface area (Å²) in [6.07, 6.45) is -4.05. The molecule has 0 aromatic heterocycles. The van der Waals surface area contributed by atoms with Crippen molar-refractivity contribution >= 4 is 0 Å². The van der Waals surface area contributed by atoms with Crippen LogP contribution in [0.4, 0.5) is 13.2 Å². The molecule has 0 radical (unpaired) electrons. The van der Waals surface area contributed by atoms with Gasteiger partial charge >= 0.3 is 6.18 Å². The van der Waals surface area contributed by atoms with E-state index in [1.807, 2.05) is 20.8 Å². The molecule has 0 amide bonds. The van der Waals surface area contributed by atoms with Crippen LogP contribution in [0.2, 0.25) is 0 Å². The molecule has 1 nitrogen and oxygen atoms in total. The first-order chi connectivity index (χ1) is 6.12. The third kappa shape index (κ3) is 1.76. The highest BCUT2D eigenvalue weighted by Crippen LogP contribution is 2.56. The first-order valence-corrected chi connectivity index (χ1v) is 4.74. The van der Waals surface area contributed by atoms with Crippen LogP contribution < -0.4 is 0 Å². The van der Waals surface area contributed by atoms with Crippen LogP contribution in [0.25, 0.3) is 0 Å². The average Bonchev–Trinajstić information content (AvgIpc) is 1.78. The minimum absolute atomic E-state index is 0.0622. The molecule has 1 saturated carbocycles. The Hall–Kier alpha value is -0.250. The molecule has 0 aromatic rings. The topological polar surface area (TPSA) is 9.23 Å². The molecule has 0 spiro atoms. The molecule has 0 unspecified atom stereocenters. The molecule has 0 N–H and O–H groups in total. The van der Waals surface area contributed by atoms with Crippen molar-refractivity contribution in [2.24, 2.45) is 11.3 Å². The van der Waals surface area contributed by atoms with E-state index in [0.29, 0.717) is 0 Å². The van der Waals surface area contributed by atoms with Crippen molar-refractivity contribution in [2.45, 2.75) is 45.4 Å². The summed E-state index contributed by atoms with van der Waals surface area (Å²) in [5, 5.41) is 0. The van der Waals surface area contributed by atoms with E-state index in [1.165, 1.54) is 0 Å². The summed E-state index contributed by atoms with van der Waals surface area (Å²) >= 11 is 0. The maximum absolute atomic E-state index is 12.6. The van der Waals surface area contributed by atoms with Crippen LogP contribution >= 0.6 is 0 Å². The summed E-state index contributed by atoms with van der Waals surface area (Å²) < 4.78 is 42.4. The van der Waals surface area contributed by atoms with Crippen LogP contribution in [0.5, 0.6) is 0 Å². The van der Waals surface area contributed by atoms with Gasteiger partial charge in [-0.05, 0) is 24.2 Å². The number of hydrogen-bond donors (Lipinski definition) is 0. The van der Waals surface area contributed by atoms with E-state index < -0.39 is 11.8 Å². The van der Waals surface area contributed by atoms with Gasteiger partial charge < -0.3 is 4.74 Å². The van der Waals surface area contributed by atoms with Gasteiger partial charge in [-0.15, -0.1) is 0 Å². The van der Waals surface area contributed by atoms with Crippen LogP contribution in [-0.2, 0) is 4.74 Å². The first kappa shape index (κ1) is 11.8. The summed E-state index contributed by atoms with van der Waals surface area (Å²) in [5.74, 6) is 0.101. The van der Waals surface area contributed by atoms with Crippen molar-refractivity contribution in [2.75, 3.05) is 7.11 Å². The number of rotatable bonds is 1. The highest BCUT2D eigenvalue weighted by Gasteiger charge is 2.64. The van der Waals surface area contributed by atoms with E-state index in [1.54, 1.807) is 0 Å². The molecular weight excluding hydrogens is 193 g/mol. The zero-order chi connectivity index (χ0) is 11.2. The molecule has 1 aliphatic rings. The second kappa shape index (κ2) is 3.12. The lowest BCUT2D eigenvalue weighted by Crippen LogP contribution is -2.59. The normalized spacial score (nSPS) is 34.1. The van der Waals surface area contributed by atoms with Crippen molar-refractivity contribution in [1.29, 1.82) is 0 Å². The Morgan fingerprint density at radius 1 is 1.14 bits per heavy atom. The van der Waals surface area contributed by atoms with Gasteiger partial charge in [0.15, 0.2) is 5.60 Å². The van der Waals surface area contributed by atoms with Gasteiger partial charge in [0.25, 0.3) is 0 Å². The Morgan fingerprint density at radius 2 is 1.57 bits per heavy atom. The molecule has 1 rings (SSSR count). The van der Waals surface area contributed by atoms with E-state index >= 15 is 0 Å². The standard InChI is InChI=1S/C10H17F3O/c1-8(2,3)7-5-9(6-7,14-4)10(11,12)13/h7H,5-6H2,1-4H3. The number of ether oxygens (including phenoxy) is 1. The molecule has 4 heteroatoms. The second-order valence-corrected chi connectivity index (χ2v) is 5.17. The monoisotopic (exact) mass is 210 g/mol. The highest BCUT2D eigenvalue weighted by molar-refractivity contribution is 5.04. The van der Waals surface area contributed by atoms with Crippen LogP contribution in [-0.4, -0.2) is 18.9 Å². The van der Waals surface area contributed by atoms with Crippen LogP contribution in [0.1, 0.15) is 33.6 Å². The van der Waals surface area contributed by atoms with Gasteiger partial charge in [-0.25, -0.2) is 0 Å². The van der Waals surface area contributed by atoms with Gasteiger partial charge in [0.1, 0.15) is 0 Å². The van der Waals surface area contributed by atoms with E-state index in [0.717, 1.165) is 7.11 Å². The Kier molecular flexibility index (Phi) is 2.64. The number of alkyl halides is 3. The predicted molar refractivity (Wildman–Crippen MR) is 48.0 cm³/mol. The lowest BCUT2D eigenvalue weighted by atomic mass is 9.60. The molecule has 1 fully saturated rings. The summed E-state index contributed by atoms with van der Waals surface area (Å²) in [7, 11) is 1.15. The highest BCUT2D eigenvalue weighted by atomic mass is 19.4. The molecule has 14 heavy (non-hydrogen) atoms. The zero-order valence-electron chi connectivity index (χ0n) is 9.03. The number of halogens is 3. The predicted octanol–water partition coefficient (Wildman–Crippen LogP) is 3.39. The van der Waals surface area contributed by atoms with Crippen LogP contribution in [0, 0.1) is 11.3 Å². The minimum atomic E-state index is -4.23. The van der Waals surface area contributed by atoms with E-state index in [4.69, 9.17) is 0 Å². The van der Waals surface area contributed by atoms with Crippen LogP contribution in [0.3, 0.4) is 0 Å². The van der Waals surface area contributed by atoms with Crippen molar-refractivity contribution in [3.8, 4) is 0 Å². The Labute approximate surface area is 82.6 Å². The summed E-state index contributed by atoms with van der Waals surface area (Å²) in [6.45, 7) is 5.90. The summed E-state index contributed by atoms with van der Waals surface area (Å²) in [5.41, 5.74) is -1.93. The Morgan fingerprint density at radius 3 is 1.79 bits per heavy atom. The fraction of sp³-hybridized carbons (Fsp3) is 1.00. The average molecular weight is 210 g/mol. The maximum atomic E-state index is 12.6. The quantitative estimate of drug-likeness (QED) is 0.644. The van der Waals surface area contributed by atoms with Crippen molar-refractivity contribution in [3.63, 3.8) is 0 Å². The SMILES string of the molecule is COC1(C(F)(F)F)CC(C(C)(C)C)C1. The van der Waals surface area contributed by atoms with Gasteiger partial charge in [0.2, 0.25) is 0 Å². The molecule has 0 aromatic carbocycles. The zero-order valence-corrected chi connectivity index (χ0v) is 9.03. The second-order valence-electron chi connectivity index (χ2n) is 5.17. The number of methoxy groups -OCH3 is 1. The molecular formula is C10H17F3O. The maximum Gasteiger partial charge on any atom is 0.417 e. The van der Waals surface area contributed by atoms with Crippen molar-refractivity contribution in [3.05, 3.63) is 0 Å². The van der Waals surface area contributed by atoms with Gasteiger partial charge in [0.05, 0.1) is 0 Å². The third-order valence-corrected chi connectivity index (χ3v) is 3.28. The van der Waals surface area contributed by atoms with Gasteiger partial charge in [-0.3, -0.25) is 0 Å². The fourth-order valence-electron chi connectivity index (χ4n) is 1.86. The van der Waals surface area contributed by atoms with Crippen molar-refractivity contribution in [1.82, 2.24) is 0 Å². The smallest absolute Gasteiger partial charge is 0.369 e. The third-order valence-electron chi connectivity index (χ3n) is 3.28. The molecule has 0 bridgehead atoms. The molecule has 0 heterocycles. The Balaban J connectivity index is 2.67. The van der Waals surface area contributed by atoms with E-state index in [2.05, 4.69) is 4.74 Å². The van der Waals surface area contributed by atoms with Crippen LogP contribution in [0.15, 0.2) is 0 Å². The van der Waals surface area contributed by atoms with Crippen molar-refractivity contribution < 1.29 is 17.9 Å². The summed E-state index contributed by atoms with van der Waals surface area (Å²) in [6, 6.07) is 0. The first-order valence-electron chi connectivity index (χ1n) is 4.74. The van der Waals surface area contributed by atoms with Gasteiger partial charge in [-0.1, -0.05) is 20.8 Å². The van der Waals surface area contributed by atoms with Gasteiger partial charge in [0, 0.05) is 7.11 Å². The van der Waals surface area contributed by atoms with Gasteiger partial charge in [-0.2, -0.15) is 13.2 Å². The lowest BCUT2D eigenvalue weighted by Gasteiger charge is -2.52. The Bertz CT molecular complexity index is 208. The molecule has 0 atom stereocenters. The molecule has 0 aliphatic heterocycles. The molecule has 0 saturated heterocycles. The number of hydrogen-bond acceptors (Lipinski definition) is 1. The largest absolute Gasteiger partial charge is 0.417 e. The molecule has 84 valence electrons.